The maximum atomic E-state index is 12.6. The molecule has 116 valence electrons. The van der Waals surface area contributed by atoms with Crippen LogP contribution in [0.3, 0.4) is 0 Å². The number of ether oxygens (including phenoxy) is 1. The summed E-state index contributed by atoms with van der Waals surface area (Å²) in [4.78, 5) is 14.3. The maximum absolute atomic E-state index is 12.6. The highest BCUT2D eigenvalue weighted by Gasteiger charge is 2.45. The molecule has 2 rings (SSSR count). The van der Waals surface area contributed by atoms with Crippen LogP contribution < -0.4 is 0 Å². The second kappa shape index (κ2) is 6.06. The van der Waals surface area contributed by atoms with E-state index in [-0.39, 0.29) is 12.7 Å². The predicted molar refractivity (Wildman–Crippen MR) is 81.9 cm³/mol. The Morgan fingerprint density at radius 3 is 2.33 bits per heavy atom. The summed E-state index contributed by atoms with van der Waals surface area (Å²) in [6, 6.07) is 9.83. The highest BCUT2D eigenvalue weighted by atomic mass is 16.6. The van der Waals surface area contributed by atoms with Crippen molar-refractivity contribution >= 4 is 6.09 Å². The molecule has 4 nitrogen and oxygen atoms in total. The van der Waals surface area contributed by atoms with Crippen LogP contribution >= 0.6 is 0 Å². The standard InChI is InChI=1S/C17H25NO3/c1-16(2,3)21-15(20)18(17(13-19)10-7-11-17)12-14-8-5-4-6-9-14/h4-6,8-9,19H,7,10-13H2,1-3H3. The number of nitrogens with zero attached hydrogens (tertiary/aromatic N) is 1. The van der Waals surface area contributed by atoms with Gasteiger partial charge in [0, 0.05) is 6.54 Å². The zero-order valence-electron chi connectivity index (χ0n) is 13.1. The summed E-state index contributed by atoms with van der Waals surface area (Å²) in [5, 5.41) is 9.78. The summed E-state index contributed by atoms with van der Waals surface area (Å²) in [6.07, 6.45) is 2.35. The fourth-order valence-electron chi connectivity index (χ4n) is 2.61. The number of aliphatic hydroxyl groups is 1. The molecule has 1 N–H and O–H groups in total. The number of carbonyl (C=O) groups excluding carboxylic acids is 1. The molecule has 1 amide bonds. The minimum atomic E-state index is -0.535. The van der Waals surface area contributed by atoms with Crippen LogP contribution in [0.5, 0.6) is 0 Å². The smallest absolute Gasteiger partial charge is 0.411 e. The summed E-state index contributed by atoms with van der Waals surface area (Å²) in [7, 11) is 0. The topological polar surface area (TPSA) is 49.8 Å². The molecule has 1 aliphatic rings. The molecular weight excluding hydrogens is 266 g/mol. The third kappa shape index (κ3) is 3.76. The second-order valence-electron chi connectivity index (χ2n) is 6.79. The van der Waals surface area contributed by atoms with E-state index < -0.39 is 11.1 Å². The molecule has 0 bridgehead atoms. The fourth-order valence-corrected chi connectivity index (χ4v) is 2.61. The molecule has 1 fully saturated rings. The van der Waals surface area contributed by atoms with Crippen LogP contribution in [-0.2, 0) is 11.3 Å². The summed E-state index contributed by atoms with van der Waals surface area (Å²) in [5.41, 5.74) is 0.0491. The lowest BCUT2D eigenvalue weighted by molar-refractivity contribution is -0.0525. The van der Waals surface area contributed by atoms with Crippen LogP contribution in [0.15, 0.2) is 30.3 Å². The zero-order chi connectivity index (χ0) is 15.5. The molecule has 1 aliphatic carbocycles. The molecule has 0 unspecified atom stereocenters. The summed E-state index contributed by atoms with van der Waals surface area (Å²) in [5.74, 6) is 0. The first-order valence-corrected chi connectivity index (χ1v) is 7.52. The molecule has 1 saturated carbocycles. The van der Waals surface area contributed by atoms with E-state index >= 15 is 0 Å². The molecule has 0 saturated heterocycles. The SMILES string of the molecule is CC(C)(C)OC(=O)N(Cc1ccccc1)C1(CO)CCC1. The summed E-state index contributed by atoms with van der Waals surface area (Å²) < 4.78 is 5.53. The Kier molecular flexibility index (Phi) is 4.57. The Morgan fingerprint density at radius 2 is 1.90 bits per heavy atom. The molecule has 0 spiro atoms. The van der Waals surface area contributed by atoms with Gasteiger partial charge in [-0.1, -0.05) is 30.3 Å². The maximum Gasteiger partial charge on any atom is 0.411 e. The van der Waals surface area contributed by atoms with Crippen LogP contribution in [0, 0.1) is 0 Å². The molecule has 21 heavy (non-hydrogen) atoms. The molecule has 0 aliphatic heterocycles. The van der Waals surface area contributed by atoms with Crippen molar-refractivity contribution in [1.82, 2.24) is 4.90 Å². The minimum absolute atomic E-state index is 0.0148. The number of rotatable bonds is 4. The van der Waals surface area contributed by atoms with E-state index in [4.69, 9.17) is 4.74 Å². The van der Waals surface area contributed by atoms with E-state index in [1.807, 2.05) is 51.1 Å². The lowest BCUT2D eigenvalue weighted by atomic mass is 9.76. The van der Waals surface area contributed by atoms with Crippen molar-refractivity contribution in [2.75, 3.05) is 6.61 Å². The highest BCUT2D eigenvalue weighted by Crippen LogP contribution is 2.39. The van der Waals surface area contributed by atoms with E-state index in [1.165, 1.54) is 0 Å². The van der Waals surface area contributed by atoms with E-state index in [9.17, 15) is 9.90 Å². The molecule has 1 aromatic rings. The molecule has 0 heterocycles. The zero-order valence-corrected chi connectivity index (χ0v) is 13.1. The van der Waals surface area contributed by atoms with Crippen molar-refractivity contribution in [1.29, 1.82) is 0 Å². The molecule has 0 atom stereocenters. The van der Waals surface area contributed by atoms with Gasteiger partial charge in [0.25, 0.3) is 0 Å². The second-order valence-corrected chi connectivity index (χ2v) is 6.79. The van der Waals surface area contributed by atoms with E-state index in [2.05, 4.69) is 0 Å². The van der Waals surface area contributed by atoms with E-state index in [1.54, 1.807) is 4.90 Å². The van der Waals surface area contributed by atoms with Crippen LogP contribution in [-0.4, -0.2) is 33.8 Å². The van der Waals surface area contributed by atoms with Crippen LogP contribution in [0.2, 0.25) is 0 Å². The van der Waals surface area contributed by atoms with Gasteiger partial charge in [-0.15, -0.1) is 0 Å². The van der Waals surface area contributed by atoms with Gasteiger partial charge in [-0.25, -0.2) is 4.79 Å². The molecular formula is C17H25NO3. The summed E-state index contributed by atoms with van der Waals surface area (Å²) in [6.45, 7) is 6.03. The monoisotopic (exact) mass is 291 g/mol. The normalized spacial score (nSPS) is 17.0. The van der Waals surface area contributed by atoms with Crippen LogP contribution in [0.25, 0.3) is 0 Å². The number of aliphatic hydroxyl groups excluding tert-OH is 1. The van der Waals surface area contributed by atoms with Crippen LogP contribution in [0.1, 0.15) is 45.6 Å². The lowest BCUT2D eigenvalue weighted by Gasteiger charge is -2.49. The Labute approximate surface area is 126 Å². The minimum Gasteiger partial charge on any atom is -0.444 e. The van der Waals surface area contributed by atoms with Gasteiger partial charge in [0.1, 0.15) is 5.60 Å². The van der Waals surface area contributed by atoms with Gasteiger partial charge < -0.3 is 9.84 Å². The predicted octanol–water partition coefficient (Wildman–Crippen LogP) is 3.34. The van der Waals surface area contributed by atoms with E-state index in [0.717, 1.165) is 24.8 Å². The van der Waals surface area contributed by atoms with Crippen molar-refractivity contribution in [3.63, 3.8) is 0 Å². The largest absolute Gasteiger partial charge is 0.444 e. The molecule has 4 heteroatoms. The van der Waals surface area contributed by atoms with Gasteiger partial charge in [-0.05, 0) is 45.6 Å². The van der Waals surface area contributed by atoms with Gasteiger partial charge in [0.15, 0.2) is 0 Å². The number of carbonyl (C=O) groups is 1. The van der Waals surface area contributed by atoms with Gasteiger partial charge >= 0.3 is 6.09 Å². The number of amides is 1. The van der Waals surface area contributed by atoms with Crippen molar-refractivity contribution in [3.8, 4) is 0 Å². The van der Waals surface area contributed by atoms with E-state index in [0.29, 0.717) is 6.54 Å². The first-order valence-electron chi connectivity index (χ1n) is 7.52. The Bertz CT molecular complexity index is 469. The Morgan fingerprint density at radius 1 is 1.29 bits per heavy atom. The first kappa shape index (κ1) is 15.8. The Balaban J connectivity index is 2.20. The van der Waals surface area contributed by atoms with Gasteiger partial charge in [-0.2, -0.15) is 0 Å². The van der Waals surface area contributed by atoms with Gasteiger partial charge in [0.05, 0.1) is 12.1 Å². The lowest BCUT2D eigenvalue weighted by Crippen LogP contribution is -2.59. The summed E-state index contributed by atoms with van der Waals surface area (Å²) >= 11 is 0. The van der Waals surface area contributed by atoms with Gasteiger partial charge in [0.2, 0.25) is 0 Å². The molecule has 0 aromatic heterocycles. The van der Waals surface area contributed by atoms with Crippen molar-refractivity contribution in [2.45, 2.75) is 57.7 Å². The highest BCUT2D eigenvalue weighted by molar-refractivity contribution is 5.69. The van der Waals surface area contributed by atoms with Crippen molar-refractivity contribution in [2.24, 2.45) is 0 Å². The Hall–Kier alpha value is -1.55. The first-order chi connectivity index (χ1) is 9.86. The molecule has 1 aromatic carbocycles. The van der Waals surface area contributed by atoms with Crippen molar-refractivity contribution in [3.05, 3.63) is 35.9 Å². The quantitative estimate of drug-likeness (QED) is 0.925. The average Bonchev–Trinajstić information content (AvgIpc) is 2.36. The number of benzene rings is 1. The number of hydrogen-bond donors (Lipinski definition) is 1. The third-order valence-electron chi connectivity index (χ3n) is 3.95. The van der Waals surface area contributed by atoms with Crippen molar-refractivity contribution < 1.29 is 14.6 Å². The number of hydrogen-bond acceptors (Lipinski definition) is 3. The van der Waals surface area contributed by atoms with Gasteiger partial charge in [-0.3, -0.25) is 4.90 Å². The fraction of sp³-hybridized carbons (Fsp3) is 0.588. The van der Waals surface area contributed by atoms with Crippen LogP contribution in [0.4, 0.5) is 4.79 Å². The third-order valence-corrected chi connectivity index (χ3v) is 3.95. The average molecular weight is 291 g/mol. The molecule has 0 radical (unpaired) electrons.